The molecule has 0 radical (unpaired) electrons. The molecule has 0 aliphatic carbocycles. The minimum atomic E-state index is -4.81. The Kier molecular flexibility index (Phi) is 3.88. The topological polar surface area (TPSA) is 37.3 Å². The molecular formula is C5H4F5IO2. The molecule has 0 spiro atoms. The molecule has 8 heteroatoms. The quantitative estimate of drug-likeness (QED) is 0.493. The molecule has 0 saturated carbocycles. The zero-order valence-corrected chi connectivity index (χ0v) is 8.07. The van der Waals surface area contributed by atoms with Crippen LogP contribution in [0.3, 0.4) is 0 Å². The van der Waals surface area contributed by atoms with Crippen molar-refractivity contribution >= 4 is 28.6 Å². The number of hydrogen-bond acceptors (Lipinski definition) is 1. The first kappa shape index (κ1) is 12.8. The van der Waals surface area contributed by atoms with Gasteiger partial charge in [-0.3, -0.25) is 0 Å². The van der Waals surface area contributed by atoms with Gasteiger partial charge in [-0.1, -0.05) is 22.6 Å². The highest BCUT2D eigenvalue weighted by Crippen LogP contribution is 2.35. The molecule has 0 amide bonds. The maximum absolute atomic E-state index is 12.2. The van der Waals surface area contributed by atoms with Gasteiger partial charge in [0.05, 0.1) is 0 Å². The molecule has 0 aromatic heterocycles. The molecular weight excluding hydrogens is 314 g/mol. The van der Waals surface area contributed by atoms with Gasteiger partial charge in [-0.25, -0.2) is 4.79 Å². The lowest BCUT2D eigenvalue weighted by Crippen LogP contribution is -2.36. The lowest BCUT2D eigenvalue weighted by molar-refractivity contribution is -0.173. The van der Waals surface area contributed by atoms with Crippen molar-refractivity contribution in [2.24, 2.45) is 0 Å². The van der Waals surface area contributed by atoms with Gasteiger partial charge in [-0.05, 0) is 0 Å². The van der Waals surface area contributed by atoms with Crippen molar-refractivity contribution < 1.29 is 31.9 Å². The number of halogens is 6. The standard InChI is InChI=1S/C5H4F5IO2/c6-4(7,3(12)13)1-2(11)5(8,9)10/h2H,1H2,(H,12,13). The van der Waals surface area contributed by atoms with Gasteiger partial charge in [-0.15, -0.1) is 0 Å². The molecule has 78 valence electrons. The molecule has 0 aromatic carbocycles. The second-order valence-corrected chi connectivity index (χ2v) is 3.73. The summed E-state index contributed by atoms with van der Waals surface area (Å²) in [4.78, 5) is 9.76. The van der Waals surface area contributed by atoms with Crippen molar-refractivity contribution in [3.05, 3.63) is 0 Å². The first-order valence-corrected chi connectivity index (χ1v) is 4.14. The third-order valence-corrected chi connectivity index (χ3v) is 2.25. The zero-order chi connectivity index (χ0) is 10.9. The van der Waals surface area contributed by atoms with E-state index in [4.69, 9.17) is 5.11 Å². The second-order valence-electron chi connectivity index (χ2n) is 2.22. The molecule has 1 atom stereocenters. The Bertz CT molecular complexity index is 202. The minimum Gasteiger partial charge on any atom is -0.477 e. The predicted octanol–water partition coefficient (Wildman–Crippen LogP) is 2.46. The summed E-state index contributed by atoms with van der Waals surface area (Å²) in [7, 11) is 0. The lowest BCUT2D eigenvalue weighted by Gasteiger charge is -2.17. The molecule has 0 aromatic rings. The van der Waals surface area contributed by atoms with Crippen LogP contribution in [0.25, 0.3) is 0 Å². The third-order valence-electron chi connectivity index (χ3n) is 1.10. The van der Waals surface area contributed by atoms with Gasteiger partial charge in [0.25, 0.3) is 0 Å². The van der Waals surface area contributed by atoms with E-state index in [1.807, 2.05) is 0 Å². The van der Waals surface area contributed by atoms with E-state index < -0.39 is 28.4 Å². The molecule has 0 aliphatic heterocycles. The normalized spacial score (nSPS) is 15.5. The van der Waals surface area contributed by atoms with E-state index in [9.17, 15) is 26.7 Å². The van der Waals surface area contributed by atoms with Crippen LogP contribution in [-0.4, -0.2) is 27.1 Å². The van der Waals surface area contributed by atoms with Crippen molar-refractivity contribution in [1.82, 2.24) is 0 Å². The molecule has 0 rings (SSSR count). The maximum Gasteiger partial charge on any atom is 0.400 e. The van der Waals surface area contributed by atoms with E-state index in [1.165, 1.54) is 0 Å². The SMILES string of the molecule is O=C(O)C(F)(F)CC(I)C(F)(F)F. The van der Waals surface area contributed by atoms with E-state index in [1.54, 1.807) is 0 Å². The monoisotopic (exact) mass is 318 g/mol. The Morgan fingerprint density at radius 2 is 1.69 bits per heavy atom. The number of rotatable bonds is 3. The van der Waals surface area contributed by atoms with Crippen molar-refractivity contribution in [3.8, 4) is 0 Å². The third kappa shape index (κ3) is 4.05. The molecule has 0 bridgehead atoms. The summed E-state index contributed by atoms with van der Waals surface area (Å²) in [6.45, 7) is 0. The molecule has 1 N–H and O–H groups in total. The van der Waals surface area contributed by atoms with E-state index in [0.29, 0.717) is 0 Å². The molecule has 2 nitrogen and oxygen atoms in total. The van der Waals surface area contributed by atoms with Crippen molar-refractivity contribution in [2.45, 2.75) is 22.4 Å². The van der Waals surface area contributed by atoms with Gasteiger partial charge in [0.1, 0.15) is 3.92 Å². The van der Waals surface area contributed by atoms with Crippen molar-refractivity contribution in [1.29, 1.82) is 0 Å². The van der Waals surface area contributed by atoms with Crippen LogP contribution in [0.15, 0.2) is 0 Å². The summed E-state index contributed by atoms with van der Waals surface area (Å²) >= 11 is 0.738. The largest absolute Gasteiger partial charge is 0.477 e. The number of carboxylic acids is 1. The fourth-order valence-corrected chi connectivity index (χ4v) is 0.981. The highest BCUT2D eigenvalue weighted by molar-refractivity contribution is 14.1. The van der Waals surface area contributed by atoms with Gasteiger partial charge in [0.15, 0.2) is 0 Å². The number of alkyl halides is 6. The van der Waals surface area contributed by atoms with Crippen LogP contribution in [0.5, 0.6) is 0 Å². The van der Waals surface area contributed by atoms with E-state index in [0.717, 1.165) is 22.6 Å². The molecule has 13 heavy (non-hydrogen) atoms. The second kappa shape index (κ2) is 3.93. The summed E-state index contributed by atoms with van der Waals surface area (Å²) in [5, 5.41) is 7.84. The van der Waals surface area contributed by atoms with Crippen LogP contribution in [-0.2, 0) is 4.79 Å². The van der Waals surface area contributed by atoms with Gasteiger partial charge >= 0.3 is 18.1 Å². The average molecular weight is 318 g/mol. The summed E-state index contributed by atoms with van der Waals surface area (Å²) in [6, 6.07) is 0. The van der Waals surface area contributed by atoms with E-state index in [-0.39, 0.29) is 0 Å². The molecule has 0 saturated heterocycles. The minimum absolute atomic E-state index is 0.738. The summed E-state index contributed by atoms with van der Waals surface area (Å²) in [5.74, 6) is -6.88. The first-order chi connectivity index (χ1) is 5.57. The van der Waals surface area contributed by atoms with Crippen LogP contribution < -0.4 is 0 Å². The molecule has 1 unspecified atom stereocenters. The number of carbonyl (C=O) groups is 1. The van der Waals surface area contributed by atoms with Crippen LogP contribution in [0.2, 0.25) is 0 Å². The van der Waals surface area contributed by atoms with E-state index >= 15 is 0 Å². The Morgan fingerprint density at radius 3 is 1.92 bits per heavy atom. The lowest BCUT2D eigenvalue weighted by atomic mass is 10.2. The van der Waals surface area contributed by atoms with Crippen molar-refractivity contribution in [3.63, 3.8) is 0 Å². The van der Waals surface area contributed by atoms with Gasteiger partial charge in [0, 0.05) is 6.42 Å². The molecule has 0 fully saturated rings. The zero-order valence-electron chi connectivity index (χ0n) is 5.91. The Labute approximate surface area is 83.2 Å². The molecule has 0 heterocycles. The number of aliphatic carboxylic acids is 1. The maximum atomic E-state index is 12.2. The Balaban J connectivity index is 4.37. The fourth-order valence-electron chi connectivity index (χ4n) is 0.428. The van der Waals surface area contributed by atoms with Crippen molar-refractivity contribution in [2.75, 3.05) is 0 Å². The Morgan fingerprint density at radius 1 is 1.31 bits per heavy atom. The predicted molar refractivity (Wildman–Crippen MR) is 41.1 cm³/mol. The van der Waals surface area contributed by atoms with Gasteiger partial charge in [0.2, 0.25) is 0 Å². The summed E-state index contributed by atoms with van der Waals surface area (Å²) in [5.41, 5.74) is 0. The highest BCUT2D eigenvalue weighted by atomic mass is 127. The number of carboxylic acid groups (broad SMARTS) is 1. The van der Waals surface area contributed by atoms with Gasteiger partial charge in [-0.2, -0.15) is 22.0 Å². The summed E-state index contributed by atoms with van der Waals surface area (Å²) in [6.07, 6.45) is -6.55. The summed E-state index contributed by atoms with van der Waals surface area (Å²) < 4.78 is 57.2. The van der Waals surface area contributed by atoms with Crippen LogP contribution in [0, 0.1) is 0 Å². The van der Waals surface area contributed by atoms with Crippen LogP contribution >= 0.6 is 22.6 Å². The fraction of sp³-hybridized carbons (Fsp3) is 0.800. The molecule has 0 aliphatic rings. The van der Waals surface area contributed by atoms with Crippen LogP contribution in [0.4, 0.5) is 22.0 Å². The first-order valence-electron chi connectivity index (χ1n) is 2.89. The van der Waals surface area contributed by atoms with Crippen LogP contribution in [0.1, 0.15) is 6.42 Å². The number of hydrogen-bond donors (Lipinski definition) is 1. The smallest absolute Gasteiger partial charge is 0.400 e. The Hall–Kier alpha value is -0.150. The average Bonchev–Trinajstić information content (AvgIpc) is 1.83. The van der Waals surface area contributed by atoms with E-state index in [2.05, 4.69) is 0 Å². The highest BCUT2D eigenvalue weighted by Gasteiger charge is 2.48. The van der Waals surface area contributed by atoms with Gasteiger partial charge < -0.3 is 5.11 Å².